The minimum absolute atomic E-state index is 0.112. The second kappa shape index (κ2) is 5.53. The third kappa shape index (κ3) is 2.42. The Morgan fingerprint density at radius 3 is 2.67 bits per heavy atom. The molecule has 0 amide bonds. The molecule has 0 fully saturated rings. The number of fused-ring (bicyclic) bond motifs is 1. The molecule has 0 bridgehead atoms. The minimum Gasteiger partial charge on any atom is -0.292 e. The third-order valence-corrected chi connectivity index (χ3v) is 4.36. The monoisotopic (exact) mass is 418 g/mol. The Bertz CT molecular complexity index is 825. The van der Waals surface area contributed by atoms with Crippen molar-refractivity contribution in [3.05, 3.63) is 56.9 Å². The normalized spacial score (nSPS) is 11.3. The van der Waals surface area contributed by atoms with Crippen LogP contribution in [0.15, 0.2) is 30.3 Å². The molecule has 0 radical (unpaired) electrons. The molecule has 2 nitrogen and oxygen atoms in total. The van der Waals surface area contributed by atoms with Gasteiger partial charge in [0.2, 0.25) is 0 Å². The molecule has 21 heavy (non-hydrogen) atoms. The quantitative estimate of drug-likeness (QED) is 0.425. The zero-order valence-electron chi connectivity index (χ0n) is 11.0. The molecule has 0 spiro atoms. The number of imidazole rings is 1. The van der Waals surface area contributed by atoms with Gasteiger partial charge in [0, 0.05) is 6.07 Å². The first-order chi connectivity index (χ1) is 10.0. The highest BCUT2D eigenvalue weighted by atomic mass is 127. The molecule has 0 atom stereocenters. The van der Waals surface area contributed by atoms with E-state index in [-0.39, 0.29) is 17.5 Å². The van der Waals surface area contributed by atoms with Gasteiger partial charge in [0.05, 0.1) is 26.2 Å². The average Bonchev–Trinajstić information content (AvgIpc) is 2.77. The Kier molecular flexibility index (Phi) is 3.88. The van der Waals surface area contributed by atoms with Crippen LogP contribution >= 0.6 is 34.2 Å². The summed E-state index contributed by atoms with van der Waals surface area (Å²) in [5.74, 6) is -0.152. The smallest absolute Gasteiger partial charge is 0.147 e. The predicted molar refractivity (Wildman–Crippen MR) is 88.0 cm³/mol. The van der Waals surface area contributed by atoms with Gasteiger partial charge in [-0.3, -0.25) is 4.57 Å². The number of rotatable bonds is 2. The van der Waals surface area contributed by atoms with Crippen LogP contribution in [0.1, 0.15) is 11.4 Å². The van der Waals surface area contributed by atoms with E-state index in [0.29, 0.717) is 26.1 Å². The van der Waals surface area contributed by atoms with Crippen LogP contribution in [0.5, 0.6) is 0 Å². The third-order valence-electron chi connectivity index (χ3n) is 3.30. The van der Waals surface area contributed by atoms with E-state index in [2.05, 4.69) is 4.98 Å². The summed E-state index contributed by atoms with van der Waals surface area (Å²) in [7, 11) is 0. The molecular formula is C15H10ClF2IN2. The summed E-state index contributed by atoms with van der Waals surface area (Å²) in [6, 6.07) is 7.80. The minimum atomic E-state index is -0.389. The first kappa shape index (κ1) is 14.7. The number of alkyl halides is 1. The Morgan fingerprint density at radius 2 is 2.00 bits per heavy atom. The summed E-state index contributed by atoms with van der Waals surface area (Å²) in [6.07, 6.45) is 0. The molecule has 0 aliphatic heterocycles. The average molecular weight is 419 g/mol. The highest BCUT2D eigenvalue weighted by Gasteiger charge is 2.18. The molecule has 3 aromatic rings. The summed E-state index contributed by atoms with van der Waals surface area (Å²) < 4.78 is 30.2. The Labute approximate surface area is 138 Å². The van der Waals surface area contributed by atoms with E-state index in [1.807, 2.05) is 22.6 Å². The lowest BCUT2D eigenvalue weighted by Gasteiger charge is -2.12. The number of benzene rings is 2. The number of hydrogen-bond donors (Lipinski definition) is 0. The summed E-state index contributed by atoms with van der Waals surface area (Å²) in [5.41, 5.74) is 2.20. The predicted octanol–water partition coefficient (Wildman–Crippen LogP) is 4.96. The van der Waals surface area contributed by atoms with Gasteiger partial charge in [-0.2, -0.15) is 0 Å². The lowest BCUT2D eigenvalue weighted by atomic mass is 10.2. The van der Waals surface area contributed by atoms with E-state index < -0.39 is 0 Å². The van der Waals surface area contributed by atoms with Gasteiger partial charge in [0.1, 0.15) is 17.5 Å². The number of hydrogen-bond acceptors (Lipinski definition) is 1. The Balaban J connectivity index is 2.43. The highest BCUT2D eigenvalue weighted by molar-refractivity contribution is 14.1. The van der Waals surface area contributed by atoms with Crippen LogP contribution in [0.2, 0.25) is 0 Å². The maximum absolute atomic E-state index is 14.3. The van der Waals surface area contributed by atoms with Gasteiger partial charge in [-0.05, 0) is 47.2 Å². The molecular weight excluding hydrogens is 409 g/mol. The van der Waals surface area contributed by atoms with Crippen molar-refractivity contribution in [1.82, 2.24) is 9.55 Å². The SMILES string of the molecule is Cc1cccc(F)c1-n1c(CCl)nc2cc(I)c(F)cc21. The second-order valence-electron chi connectivity index (χ2n) is 4.66. The van der Waals surface area contributed by atoms with Gasteiger partial charge in [-0.1, -0.05) is 12.1 Å². The van der Waals surface area contributed by atoms with E-state index in [4.69, 9.17) is 11.6 Å². The summed E-state index contributed by atoms with van der Waals surface area (Å²) in [6.45, 7) is 1.80. The van der Waals surface area contributed by atoms with E-state index in [0.717, 1.165) is 5.56 Å². The molecule has 0 N–H and O–H groups in total. The van der Waals surface area contributed by atoms with Gasteiger partial charge in [-0.15, -0.1) is 11.6 Å². The van der Waals surface area contributed by atoms with Gasteiger partial charge in [-0.25, -0.2) is 13.8 Å². The van der Waals surface area contributed by atoms with Crippen LogP contribution in [0.25, 0.3) is 16.7 Å². The van der Waals surface area contributed by atoms with Crippen LogP contribution < -0.4 is 0 Å². The molecule has 6 heteroatoms. The summed E-state index contributed by atoms with van der Waals surface area (Å²) in [5, 5.41) is 0. The molecule has 0 aliphatic carbocycles. The lowest BCUT2D eigenvalue weighted by Crippen LogP contribution is -2.04. The zero-order chi connectivity index (χ0) is 15.1. The van der Waals surface area contributed by atoms with E-state index in [1.165, 1.54) is 12.1 Å². The molecule has 1 heterocycles. The number of para-hydroxylation sites is 1. The van der Waals surface area contributed by atoms with Crippen molar-refractivity contribution in [3.8, 4) is 5.69 Å². The van der Waals surface area contributed by atoms with Crippen LogP contribution in [0, 0.1) is 22.1 Å². The molecule has 0 aliphatic rings. The molecule has 0 saturated heterocycles. The molecule has 3 rings (SSSR count). The van der Waals surface area contributed by atoms with Crippen molar-refractivity contribution >= 4 is 45.2 Å². The topological polar surface area (TPSA) is 17.8 Å². The maximum atomic E-state index is 14.3. The fourth-order valence-corrected chi connectivity index (χ4v) is 3.00. The Hall–Kier alpha value is -1.21. The molecule has 2 aromatic carbocycles. The van der Waals surface area contributed by atoms with Crippen molar-refractivity contribution < 1.29 is 8.78 Å². The first-order valence-corrected chi connectivity index (χ1v) is 7.82. The number of aromatic nitrogens is 2. The largest absolute Gasteiger partial charge is 0.292 e. The van der Waals surface area contributed by atoms with Crippen LogP contribution in [0.4, 0.5) is 8.78 Å². The zero-order valence-corrected chi connectivity index (χ0v) is 13.9. The van der Waals surface area contributed by atoms with Gasteiger partial charge in [0.15, 0.2) is 0 Å². The van der Waals surface area contributed by atoms with Crippen molar-refractivity contribution in [1.29, 1.82) is 0 Å². The van der Waals surface area contributed by atoms with Crippen LogP contribution in [-0.4, -0.2) is 9.55 Å². The fourth-order valence-electron chi connectivity index (χ4n) is 2.37. The standard InChI is InChI=1S/C15H10ClF2IN2/c1-8-3-2-4-9(17)15(8)21-13-5-10(18)11(19)6-12(13)20-14(21)7-16/h2-6H,7H2,1H3. The number of halogens is 4. The van der Waals surface area contributed by atoms with E-state index in [1.54, 1.807) is 29.7 Å². The molecule has 108 valence electrons. The first-order valence-electron chi connectivity index (χ1n) is 6.20. The van der Waals surface area contributed by atoms with E-state index in [9.17, 15) is 8.78 Å². The molecule has 0 unspecified atom stereocenters. The van der Waals surface area contributed by atoms with Crippen molar-refractivity contribution in [2.75, 3.05) is 0 Å². The molecule has 1 aromatic heterocycles. The van der Waals surface area contributed by atoms with Crippen molar-refractivity contribution in [2.45, 2.75) is 12.8 Å². The molecule has 0 saturated carbocycles. The lowest BCUT2D eigenvalue weighted by molar-refractivity contribution is 0.613. The maximum Gasteiger partial charge on any atom is 0.147 e. The van der Waals surface area contributed by atoms with Crippen LogP contribution in [0.3, 0.4) is 0 Å². The number of aryl methyl sites for hydroxylation is 1. The highest BCUT2D eigenvalue weighted by Crippen LogP contribution is 2.28. The van der Waals surface area contributed by atoms with Crippen LogP contribution in [-0.2, 0) is 5.88 Å². The van der Waals surface area contributed by atoms with E-state index >= 15 is 0 Å². The van der Waals surface area contributed by atoms with Gasteiger partial charge in [0.25, 0.3) is 0 Å². The summed E-state index contributed by atoms with van der Waals surface area (Å²) >= 11 is 7.84. The fraction of sp³-hybridized carbons (Fsp3) is 0.133. The second-order valence-corrected chi connectivity index (χ2v) is 6.09. The summed E-state index contributed by atoms with van der Waals surface area (Å²) in [4.78, 5) is 4.38. The van der Waals surface area contributed by atoms with Gasteiger partial charge >= 0.3 is 0 Å². The number of nitrogens with zero attached hydrogens (tertiary/aromatic N) is 2. The van der Waals surface area contributed by atoms with Crippen molar-refractivity contribution in [3.63, 3.8) is 0 Å². The van der Waals surface area contributed by atoms with Gasteiger partial charge < -0.3 is 0 Å². The Morgan fingerprint density at radius 1 is 1.24 bits per heavy atom. The van der Waals surface area contributed by atoms with Crippen molar-refractivity contribution in [2.24, 2.45) is 0 Å².